The van der Waals surface area contributed by atoms with Gasteiger partial charge in [-0.05, 0) is 0 Å². The fraction of sp³-hybridized carbons (Fsp3) is 0.0357. The Labute approximate surface area is 222 Å². The number of H-pyrrole nitrogens is 1. The number of aromatic amines is 1. The number of benzene rings is 3. The van der Waals surface area contributed by atoms with E-state index < -0.39 is 27.6 Å². The number of carbonyl (C=O) groups is 3. The van der Waals surface area contributed by atoms with Gasteiger partial charge in [0, 0.05) is 0 Å². The second-order valence-corrected chi connectivity index (χ2v) is 11.0. The number of carboxylic acids is 1. The molecule has 5 rings (SSSR count). The summed E-state index contributed by atoms with van der Waals surface area (Å²) in [6.45, 7) is 1.74. The fourth-order valence-electron chi connectivity index (χ4n) is 4.08. The van der Waals surface area contributed by atoms with Crippen LogP contribution < -0.4 is 9.67 Å². The van der Waals surface area contributed by atoms with Crippen molar-refractivity contribution >= 4 is 53.1 Å². The summed E-state index contributed by atoms with van der Waals surface area (Å²) in [4.78, 5) is 41.2. The number of carboxylic acid groups (broad SMARTS) is 1. The minimum absolute atomic E-state index is 0.0561. The third kappa shape index (κ3) is 4.73. The van der Waals surface area contributed by atoms with Gasteiger partial charge >= 0.3 is 223 Å². The molecule has 1 amide bonds. The van der Waals surface area contributed by atoms with Crippen LogP contribution in [0.4, 0.5) is 5.69 Å². The van der Waals surface area contributed by atoms with Gasteiger partial charge in [0.15, 0.2) is 0 Å². The number of nitrogens with zero attached hydrogens (tertiary/aromatic N) is 2. The van der Waals surface area contributed by atoms with Gasteiger partial charge in [-0.25, -0.2) is 0 Å². The van der Waals surface area contributed by atoms with Crippen LogP contribution in [0.25, 0.3) is 22.2 Å². The molecule has 1 atom stereocenters. The fourth-order valence-corrected chi connectivity index (χ4v) is 6.55. The normalized spacial score (nSPS) is 11.1. The summed E-state index contributed by atoms with van der Waals surface area (Å²) < 4.78 is 6.24. The van der Waals surface area contributed by atoms with E-state index in [0.29, 0.717) is 22.5 Å². The Hall–Kier alpha value is -4.93. The van der Waals surface area contributed by atoms with Crippen LogP contribution in [0.15, 0.2) is 77.3 Å². The Morgan fingerprint density at radius 2 is 1.84 bits per heavy atom. The summed E-state index contributed by atoms with van der Waals surface area (Å²) in [5, 5.41) is 25.9. The number of para-hydroxylation sites is 1. The Morgan fingerprint density at radius 3 is 2.58 bits per heavy atom. The second kappa shape index (κ2) is 10.2. The molecule has 10 heteroatoms. The summed E-state index contributed by atoms with van der Waals surface area (Å²) in [5.74, 6) is -1.38. The van der Waals surface area contributed by atoms with Gasteiger partial charge < -0.3 is 0 Å². The van der Waals surface area contributed by atoms with Crippen molar-refractivity contribution in [2.45, 2.75) is 6.92 Å². The number of rotatable bonds is 7. The van der Waals surface area contributed by atoms with Crippen molar-refractivity contribution in [2.75, 3.05) is 5.32 Å². The van der Waals surface area contributed by atoms with Crippen LogP contribution in [-0.2, 0) is 0 Å². The molecule has 3 aromatic carbocycles. The Morgan fingerprint density at radius 1 is 1.05 bits per heavy atom. The Kier molecular flexibility index (Phi) is 6.65. The van der Waals surface area contributed by atoms with Crippen molar-refractivity contribution in [3.05, 3.63) is 101 Å². The number of nitrogens with one attached hydrogen (secondary N) is 2. The molecule has 0 aliphatic carbocycles. The molecule has 2 aromatic heterocycles. The first-order chi connectivity index (χ1) is 18.4. The number of hydrogen-bond acceptors (Lipinski definition) is 6. The van der Waals surface area contributed by atoms with E-state index in [4.69, 9.17) is 9.78 Å². The molecule has 0 bridgehead atoms. The molecule has 5 aromatic rings. The molecule has 38 heavy (non-hydrogen) atoms. The SMILES string of the molecule is Cc1noc(-c2ccccc2)c1C(=O)[AsH]c1cccc2cc(C(=O)Nc3ccc(C#N)cc3C(=O)O)[nH]c12. The number of carbonyl (C=O) groups excluding carboxylic acids is 2. The number of anilines is 1. The molecule has 0 aliphatic rings. The number of aromatic carboxylic acids is 1. The zero-order valence-corrected chi connectivity index (χ0v) is 22.0. The maximum atomic E-state index is 13.5. The predicted octanol–water partition coefficient (Wildman–Crippen LogP) is 3.86. The number of aromatic nitrogens is 2. The van der Waals surface area contributed by atoms with Crippen molar-refractivity contribution < 1.29 is 24.0 Å². The quantitative estimate of drug-likeness (QED) is 0.253. The van der Waals surface area contributed by atoms with Gasteiger partial charge in [0.1, 0.15) is 0 Å². The molecule has 2 heterocycles. The molecular weight excluding hydrogens is 547 g/mol. The van der Waals surface area contributed by atoms with Crippen molar-refractivity contribution in [1.29, 1.82) is 5.26 Å². The van der Waals surface area contributed by atoms with E-state index in [1.807, 2.05) is 54.6 Å². The van der Waals surface area contributed by atoms with Gasteiger partial charge in [-0.2, -0.15) is 0 Å². The van der Waals surface area contributed by atoms with Gasteiger partial charge in [-0.15, -0.1) is 0 Å². The molecule has 9 nitrogen and oxygen atoms in total. The van der Waals surface area contributed by atoms with Gasteiger partial charge in [0.25, 0.3) is 0 Å². The van der Waals surface area contributed by atoms with E-state index in [9.17, 15) is 19.5 Å². The summed E-state index contributed by atoms with van der Waals surface area (Å²) in [6.07, 6.45) is 0. The molecule has 0 fully saturated rings. The van der Waals surface area contributed by atoms with Crippen LogP contribution in [0.1, 0.15) is 42.5 Å². The molecule has 0 radical (unpaired) electrons. The Bertz CT molecular complexity index is 1770. The number of nitriles is 1. The van der Waals surface area contributed by atoms with E-state index in [1.165, 1.54) is 18.2 Å². The monoisotopic (exact) mass is 566 g/mol. The van der Waals surface area contributed by atoms with Crippen LogP contribution in [0.3, 0.4) is 0 Å². The van der Waals surface area contributed by atoms with Crippen LogP contribution in [0.2, 0.25) is 0 Å². The van der Waals surface area contributed by atoms with Crippen molar-refractivity contribution in [3.8, 4) is 17.4 Å². The topological polar surface area (TPSA) is 149 Å². The van der Waals surface area contributed by atoms with Gasteiger partial charge in [-0.3, -0.25) is 0 Å². The Balaban J connectivity index is 1.43. The van der Waals surface area contributed by atoms with E-state index >= 15 is 0 Å². The molecule has 0 saturated carbocycles. The average molecular weight is 566 g/mol. The molecule has 3 N–H and O–H groups in total. The summed E-state index contributed by atoms with van der Waals surface area (Å²) in [6, 6.07) is 22.4. The molecule has 0 spiro atoms. The van der Waals surface area contributed by atoms with Gasteiger partial charge in [-0.1, -0.05) is 0 Å². The van der Waals surface area contributed by atoms with E-state index in [2.05, 4.69) is 15.5 Å². The van der Waals surface area contributed by atoms with Crippen molar-refractivity contribution in [3.63, 3.8) is 0 Å². The molecule has 1 unspecified atom stereocenters. The zero-order valence-electron chi connectivity index (χ0n) is 19.9. The average Bonchev–Trinajstić information content (AvgIpc) is 3.54. The molecule has 186 valence electrons. The summed E-state index contributed by atoms with van der Waals surface area (Å²) in [5.41, 5.74) is 2.67. The molecule has 0 aliphatic heterocycles. The molecule has 0 saturated heterocycles. The van der Waals surface area contributed by atoms with Gasteiger partial charge in [0.2, 0.25) is 0 Å². The third-order valence-electron chi connectivity index (χ3n) is 5.90. The maximum absolute atomic E-state index is 13.5. The van der Waals surface area contributed by atoms with Crippen molar-refractivity contribution in [1.82, 2.24) is 10.1 Å². The van der Waals surface area contributed by atoms with E-state index in [-0.39, 0.29) is 27.1 Å². The first-order valence-corrected chi connectivity index (χ1v) is 13.5. The van der Waals surface area contributed by atoms with E-state index in [1.54, 1.807) is 13.0 Å². The minimum atomic E-state index is -1.37. The van der Waals surface area contributed by atoms with Gasteiger partial charge in [0.05, 0.1) is 0 Å². The summed E-state index contributed by atoms with van der Waals surface area (Å²) >= 11 is -1.37. The zero-order chi connectivity index (χ0) is 26.8. The van der Waals surface area contributed by atoms with Crippen LogP contribution in [-0.4, -0.2) is 47.4 Å². The number of aryl methyl sites for hydroxylation is 1. The van der Waals surface area contributed by atoms with Crippen LogP contribution >= 0.6 is 0 Å². The van der Waals surface area contributed by atoms with Crippen LogP contribution in [0.5, 0.6) is 0 Å². The number of fused-ring (bicyclic) bond motifs is 1. The first-order valence-electron chi connectivity index (χ1n) is 11.4. The third-order valence-corrected chi connectivity index (χ3v) is 8.34. The summed E-state index contributed by atoms with van der Waals surface area (Å²) in [7, 11) is 0. The second-order valence-electron chi connectivity index (χ2n) is 8.38. The number of amides is 1. The van der Waals surface area contributed by atoms with Crippen molar-refractivity contribution in [2.24, 2.45) is 0 Å². The molecular formula is C28H19AsN4O5. The standard InChI is InChI=1S/C28H19AsN4O5/c1-15-23(25(38-33-15)17-6-3-2-4-7-17)26(34)29-20-9-5-8-18-13-22(31-24(18)20)27(35)32-21-11-10-16(14-30)12-19(21)28(36)37/h2-13,29,31H,1H3,(H,32,35)(H,36,37). The van der Waals surface area contributed by atoms with Crippen LogP contribution in [0, 0.1) is 18.3 Å². The first kappa shape index (κ1) is 24.7. The van der Waals surface area contributed by atoms with E-state index in [0.717, 1.165) is 15.3 Å². The number of hydrogen-bond donors (Lipinski definition) is 3. The predicted molar refractivity (Wildman–Crippen MR) is 142 cm³/mol.